The fourth-order valence-electron chi connectivity index (χ4n) is 2.18. The van der Waals surface area contributed by atoms with Crippen molar-refractivity contribution in [1.82, 2.24) is 4.90 Å². The lowest BCUT2D eigenvalue weighted by Gasteiger charge is -2.21. The number of nitrogen functional groups attached to an aromatic ring is 1. The highest BCUT2D eigenvalue weighted by molar-refractivity contribution is 6.33. The van der Waals surface area contributed by atoms with E-state index >= 15 is 0 Å². The van der Waals surface area contributed by atoms with Crippen LogP contribution in [0.5, 0.6) is 0 Å². The smallest absolute Gasteiger partial charge is 0.253 e. The highest BCUT2D eigenvalue weighted by Crippen LogP contribution is 2.31. The molecule has 0 bridgehead atoms. The van der Waals surface area contributed by atoms with Crippen LogP contribution in [-0.2, 0) is 4.79 Å². The Morgan fingerprint density at radius 2 is 2.11 bits per heavy atom. The molecule has 4 N–H and O–H groups in total. The van der Waals surface area contributed by atoms with E-state index in [1.54, 1.807) is 30.0 Å². The quantitative estimate of drug-likeness (QED) is 0.800. The topological polar surface area (TPSA) is 89.4 Å². The van der Waals surface area contributed by atoms with E-state index in [1.807, 2.05) is 0 Å². The third-order valence-electron chi connectivity index (χ3n) is 3.60. The lowest BCUT2D eigenvalue weighted by molar-refractivity contribution is -0.126. The first kappa shape index (κ1) is 13.7. The molecular formula is C13H16ClN3O2. The third kappa shape index (κ3) is 2.51. The van der Waals surface area contributed by atoms with Gasteiger partial charge < -0.3 is 16.4 Å². The van der Waals surface area contributed by atoms with Gasteiger partial charge >= 0.3 is 0 Å². The molecule has 1 atom stereocenters. The fourth-order valence-corrected chi connectivity index (χ4v) is 2.36. The van der Waals surface area contributed by atoms with E-state index in [-0.39, 0.29) is 11.8 Å². The fraction of sp³-hybridized carbons (Fsp3) is 0.385. The van der Waals surface area contributed by atoms with E-state index in [4.69, 9.17) is 23.1 Å². The summed E-state index contributed by atoms with van der Waals surface area (Å²) in [6, 6.07) is 4.77. The van der Waals surface area contributed by atoms with E-state index in [2.05, 4.69) is 0 Å². The molecule has 1 aliphatic heterocycles. The van der Waals surface area contributed by atoms with Crippen molar-refractivity contribution >= 4 is 29.1 Å². The van der Waals surface area contributed by atoms with Gasteiger partial charge in [-0.25, -0.2) is 0 Å². The van der Waals surface area contributed by atoms with Crippen LogP contribution < -0.4 is 11.5 Å². The van der Waals surface area contributed by atoms with Crippen molar-refractivity contribution in [2.24, 2.45) is 11.1 Å². The van der Waals surface area contributed by atoms with Gasteiger partial charge in [0.25, 0.3) is 5.91 Å². The minimum absolute atomic E-state index is 0.160. The van der Waals surface area contributed by atoms with Crippen molar-refractivity contribution in [1.29, 1.82) is 0 Å². The average Bonchev–Trinajstić information content (AvgIpc) is 2.76. The van der Waals surface area contributed by atoms with Crippen molar-refractivity contribution in [3.63, 3.8) is 0 Å². The number of rotatable bonds is 2. The molecule has 1 aromatic carbocycles. The molecule has 1 heterocycles. The molecule has 1 aliphatic rings. The molecular weight excluding hydrogens is 266 g/mol. The van der Waals surface area contributed by atoms with Gasteiger partial charge in [-0.05, 0) is 31.5 Å². The van der Waals surface area contributed by atoms with Gasteiger partial charge in [0.1, 0.15) is 0 Å². The number of benzene rings is 1. The van der Waals surface area contributed by atoms with Gasteiger partial charge in [-0.1, -0.05) is 11.6 Å². The molecule has 1 aromatic rings. The molecule has 2 rings (SSSR count). The molecule has 102 valence electrons. The van der Waals surface area contributed by atoms with Crippen molar-refractivity contribution in [3.05, 3.63) is 28.8 Å². The predicted molar refractivity (Wildman–Crippen MR) is 73.7 cm³/mol. The lowest BCUT2D eigenvalue weighted by atomic mass is 9.89. The molecule has 6 heteroatoms. The molecule has 1 saturated heterocycles. The molecule has 0 saturated carbocycles. The largest absolute Gasteiger partial charge is 0.398 e. The van der Waals surface area contributed by atoms with Crippen LogP contribution in [0.15, 0.2) is 18.2 Å². The van der Waals surface area contributed by atoms with Gasteiger partial charge in [-0.3, -0.25) is 9.59 Å². The van der Waals surface area contributed by atoms with Crippen molar-refractivity contribution < 1.29 is 9.59 Å². The van der Waals surface area contributed by atoms with E-state index in [1.165, 1.54) is 0 Å². The first-order valence-corrected chi connectivity index (χ1v) is 6.35. The summed E-state index contributed by atoms with van der Waals surface area (Å²) in [7, 11) is 0. The lowest BCUT2D eigenvalue weighted by Crippen LogP contribution is -2.38. The second kappa shape index (κ2) is 4.74. The Kier molecular flexibility index (Phi) is 3.41. The molecule has 19 heavy (non-hydrogen) atoms. The van der Waals surface area contributed by atoms with E-state index in [9.17, 15) is 9.59 Å². The molecule has 0 spiro atoms. The first-order valence-electron chi connectivity index (χ1n) is 5.98. The zero-order valence-corrected chi connectivity index (χ0v) is 11.4. The summed E-state index contributed by atoms with van der Waals surface area (Å²) in [6.07, 6.45) is 0.580. The van der Waals surface area contributed by atoms with Crippen LogP contribution in [0, 0.1) is 5.41 Å². The number of nitrogens with two attached hydrogens (primary N) is 2. The Morgan fingerprint density at radius 3 is 2.63 bits per heavy atom. The summed E-state index contributed by atoms with van der Waals surface area (Å²) in [5.41, 5.74) is 11.2. The number of likely N-dealkylation sites (tertiary alicyclic amines) is 1. The Hall–Kier alpha value is -1.75. The second-order valence-electron chi connectivity index (χ2n) is 5.14. The van der Waals surface area contributed by atoms with Gasteiger partial charge in [-0.2, -0.15) is 0 Å². The average molecular weight is 282 g/mol. The van der Waals surface area contributed by atoms with E-state index < -0.39 is 5.41 Å². The van der Waals surface area contributed by atoms with Crippen LogP contribution in [0.1, 0.15) is 23.7 Å². The van der Waals surface area contributed by atoms with Crippen molar-refractivity contribution in [2.75, 3.05) is 18.8 Å². The maximum atomic E-state index is 12.3. The first-order chi connectivity index (χ1) is 8.83. The zero-order valence-electron chi connectivity index (χ0n) is 10.6. The molecule has 1 unspecified atom stereocenters. The number of hydrogen-bond acceptors (Lipinski definition) is 3. The summed E-state index contributed by atoms with van der Waals surface area (Å²) in [4.78, 5) is 25.3. The highest BCUT2D eigenvalue weighted by Gasteiger charge is 2.40. The van der Waals surface area contributed by atoms with Crippen LogP contribution in [0.3, 0.4) is 0 Å². The number of carbonyl (C=O) groups excluding carboxylic acids is 2. The minimum atomic E-state index is -0.646. The number of halogens is 1. The summed E-state index contributed by atoms with van der Waals surface area (Å²) in [5, 5.41) is 0.350. The highest BCUT2D eigenvalue weighted by atomic mass is 35.5. The number of nitrogens with zero attached hydrogens (tertiary/aromatic N) is 1. The Morgan fingerprint density at radius 1 is 1.42 bits per heavy atom. The molecule has 1 fully saturated rings. The third-order valence-corrected chi connectivity index (χ3v) is 3.93. The van der Waals surface area contributed by atoms with Gasteiger partial charge in [0.15, 0.2) is 0 Å². The Bertz CT molecular complexity index is 547. The van der Waals surface area contributed by atoms with Gasteiger partial charge in [0.05, 0.1) is 16.1 Å². The number of primary amides is 1. The van der Waals surface area contributed by atoms with Crippen LogP contribution >= 0.6 is 11.6 Å². The van der Waals surface area contributed by atoms with Crippen LogP contribution in [0.2, 0.25) is 5.02 Å². The Balaban J connectivity index is 2.18. The van der Waals surface area contributed by atoms with Crippen LogP contribution in [-0.4, -0.2) is 29.8 Å². The SMILES string of the molecule is CC1(C(N)=O)CCN(C(=O)c2ccc(N)c(Cl)c2)C1. The number of amides is 2. The molecule has 0 radical (unpaired) electrons. The monoisotopic (exact) mass is 281 g/mol. The Labute approximate surface area is 116 Å². The minimum Gasteiger partial charge on any atom is -0.398 e. The van der Waals surface area contributed by atoms with Gasteiger partial charge in [0, 0.05) is 18.7 Å². The molecule has 2 amide bonds. The molecule has 0 aromatic heterocycles. The van der Waals surface area contributed by atoms with E-state index in [0.29, 0.717) is 35.8 Å². The number of carbonyl (C=O) groups is 2. The van der Waals surface area contributed by atoms with Crippen LogP contribution in [0.25, 0.3) is 0 Å². The zero-order chi connectivity index (χ0) is 14.2. The van der Waals surface area contributed by atoms with Gasteiger partial charge in [-0.15, -0.1) is 0 Å². The maximum Gasteiger partial charge on any atom is 0.253 e. The van der Waals surface area contributed by atoms with Crippen molar-refractivity contribution in [3.8, 4) is 0 Å². The van der Waals surface area contributed by atoms with E-state index in [0.717, 1.165) is 0 Å². The summed E-state index contributed by atoms with van der Waals surface area (Å²) >= 11 is 5.90. The summed E-state index contributed by atoms with van der Waals surface area (Å²) < 4.78 is 0. The molecule has 0 aliphatic carbocycles. The standard InChI is InChI=1S/C13H16ClN3O2/c1-13(12(16)19)4-5-17(7-13)11(18)8-2-3-10(15)9(14)6-8/h2-3,6H,4-5,7,15H2,1H3,(H2,16,19). The summed E-state index contributed by atoms with van der Waals surface area (Å²) in [6.45, 7) is 2.63. The number of hydrogen-bond donors (Lipinski definition) is 2. The summed E-state index contributed by atoms with van der Waals surface area (Å²) in [5.74, 6) is -0.537. The van der Waals surface area contributed by atoms with Crippen molar-refractivity contribution in [2.45, 2.75) is 13.3 Å². The molecule has 5 nitrogen and oxygen atoms in total. The van der Waals surface area contributed by atoms with Gasteiger partial charge in [0.2, 0.25) is 5.91 Å². The predicted octanol–water partition coefficient (Wildman–Crippen LogP) is 1.26. The maximum absolute atomic E-state index is 12.3. The normalized spacial score (nSPS) is 22.5. The number of anilines is 1. The second-order valence-corrected chi connectivity index (χ2v) is 5.55. The van der Waals surface area contributed by atoms with Crippen LogP contribution in [0.4, 0.5) is 5.69 Å².